The van der Waals surface area contributed by atoms with Gasteiger partial charge in [0.05, 0.1) is 31.8 Å². The van der Waals surface area contributed by atoms with E-state index in [4.69, 9.17) is 9.47 Å². The summed E-state index contributed by atoms with van der Waals surface area (Å²) in [6.45, 7) is 11.7. The van der Waals surface area contributed by atoms with Crippen molar-refractivity contribution in [3.05, 3.63) is 89.3 Å². The molecule has 0 spiro atoms. The second-order valence-corrected chi connectivity index (χ2v) is 17.2. The van der Waals surface area contributed by atoms with Crippen LogP contribution in [0.3, 0.4) is 0 Å². The fourth-order valence-electron chi connectivity index (χ4n) is 9.24. The molecule has 306 valence electrons. The zero-order valence-corrected chi connectivity index (χ0v) is 34.9. The molecule has 0 aromatic heterocycles. The van der Waals surface area contributed by atoms with Gasteiger partial charge in [-0.15, -0.1) is 0 Å². The molecule has 2 fully saturated rings. The molecule has 0 amide bonds. The number of ether oxygens (including phenoxy) is 2. The summed E-state index contributed by atoms with van der Waals surface area (Å²) in [6, 6.07) is 18.3. The van der Waals surface area contributed by atoms with E-state index in [1.54, 1.807) is 13.0 Å². The molecule has 0 aliphatic heterocycles. The lowest BCUT2D eigenvalue weighted by atomic mass is 9.68. The highest BCUT2D eigenvalue weighted by molar-refractivity contribution is 5.86. The van der Waals surface area contributed by atoms with Crippen LogP contribution < -0.4 is 4.74 Å². The highest BCUT2D eigenvalue weighted by Gasteiger charge is 2.32. The second kappa shape index (κ2) is 21.3. The average molecular weight is 769 g/mol. The maximum atomic E-state index is 16.0. The van der Waals surface area contributed by atoms with Crippen LogP contribution in [0.4, 0.5) is 4.39 Å². The van der Waals surface area contributed by atoms with Gasteiger partial charge >= 0.3 is 5.97 Å². The number of benzene rings is 3. The molecule has 5 nitrogen and oxygen atoms in total. The first-order valence-corrected chi connectivity index (χ1v) is 21.9. The van der Waals surface area contributed by atoms with Gasteiger partial charge in [0.15, 0.2) is 0 Å². The predicted molar refractivity (Wildman–Crippen MR) is 227 cm³/mol. The van der Waals surface area contributed by atoms with E-state index in [9.17, 15) is 15.0 Å². The lowest BCUT2D eigenvalue weighted by Crippen LogP contribution is -2.35. The summed E-state index contributed by atoms with van der Waals surface area (Å²) in [5.74, 6) is 3.27. The smallest absolute Gasteiger partial charge is 0.333 e. The summed E-state index contributed by atoms with van der Waals surface area (Å²) in [5.41, 5.74) is 6.46. The molecule has 0 bridgehead atoms. The van der Waals surface area contributed by atoms with Gasteiger partial charge in [-0.1, -0.05) is 102 Å². The predicted octanol–water partition coefficient (Wildman–Crippen LogP) is 12.2. The fraction of sp³-hybridized carbons (Fsp3) is 0.580. The van der Waals surface area contributed by atoms with Crippen molar-refractivity contribution in [3.63, 3.8) is 0 Å². The van der Waals surface area contributed by atoms with Crippen LogP contribution >= 0.6 is 0 Å². The SMILES string of the molecule is C=C(C)C(=O)OCCCc1cc(-c2ccc(-c3ccc(C4CCC(C5CCC(CCCCC)CC5)CC4)cc3F)cc2CC)ccc1OCC(CC)(CO)CO. The van der Waals surface area contributed by atoms with Gasteiger partial charge in [-0.25, -0.2) is 9.18 Å². The Morgan fingerprint density at radius 1 is 0.804 bits per heavy atom. The summed E-state index contributed by atoms with van der Waals surface area (Å²) in [5, 5.41) is 20.0. The highest BCUT2D eigenvalue weighted by Crippen LogP contribution is 2.45. The Kier molecular flexibility index (Phi) is 16.6. The van der Waals surface area contributed by atoms with E-state index in [0.29, 0.717) is 42.1 Å². The monoisotopic (exact) mass is 769 g/mol. The van der Waals surface area contributed by atoms with Gasteiger partial charge in [-0.05, 0) is 146 Å². The number of aryl methyl sites for hydroxylation is 2. The first-order chi connectivity index (χ1) is 27.1. The summed E-state index contributed by atoms with van der Waals surface area (Å²) in [4.78, 5) is 12.0. The van der Waals surface area contributed by atoms with Crippen molar-refractivity contribution in [1.82, 2.24) is 0 Å². The summed E-state index contributed by atoms with van der Waals surface area (Å²) >= 11 is 0. The number of aliphatic hydroxyl groups excluding tert-OH is 2. The molecule has 2 N–H and O–H groups in total. The van der Waals surface area contributed by atoms with E-state index < -0.39 is 11.4 Å². The molecule has 0 atom stereocenters. The molecule has 56 heavy (non-hydrogen) atoms. The maximum Gasteiger partial charge on any atom is 0.333 e. The Hall–Kier alpha value is -3.48. The van der Waals surface area contributed by atoms with Gasteiger partial charge in [0, 0.05) is 11.1 Å². The third-order valence-electron chi connectivity index (χ3n) is 13.3. The lowest BCUT2D eigenvalue weighted by molar-refractivity contribution is -0.139. The van der Waals surface area contributed by atoms with E-state index in [-0.39, 0.29) is 32.2 Å². The van der Waals surface area contributed by atoms with Crippen molar-refractivity contribution in [3.8, 4) is 28.0 Å². The van der Waals surface area contributed by atoms with Gasteiger partial charge in [0.1, 0.15) is 11.6 Å². The van der Waals surface area contributed by atoms with Crippen LogP contribution in [0.15, 0.2) is 66.7 Å². The van der Waals surface area contributed by atoms with Crippen molar-refractivity contribution in [1.29, 1.82) is 0 Å². The third-order valence-corrected chi connectivity index (χ3v) is 13.3. The highest BCUT2D eigenvalue weighted by atomic mass is 19.1. The van der Waals surface area contributed by atoms with Crippen molar-refractivity contribution in [2.45, 2.75) is 136 Å². The van der Waals surface area contributed by atoms with Gasteiger partial charge in [-0.3, -0.25) is 0 Å². The molecule has 3 aromatic rings. The minimum absolute atomic E-state index is 0.147. The topological polar surface area (TPSA) is 76.0 Å². The van der Waals surface area contributed by atoms with Crippen LogP contribution in [0.2, 0.25) is 0 Å². The van der Waals surface area contributed by atoms with E-state index >= 15 is 4.39 Å². The van der Waals surface area contributed by atoms with Crippen LogP contribution in [0.1, 0.15) is 140 Å². The first-order valence-electron chi connectivity index (χ1n) is 21.9. The molecule has 6 heteroatoms. The molecule has 0 saturated heterocycles. The van der Waals surface area contributed by atoms with Crippen LogP contribution in [-0.4, -0.2) is 42.6 Å². The Morgan fingerprint density at radius 3 is 2.07 bits per heavy atom. The molecule has 0 radical (unpaired) electrons. The number of halogens is 1. The normalized spacial score (nSPS) is 20.1. The summed E-state index contributed by atoms with van der Waals surface area (Å²) in [7, 11) is 0. The number of rotatable bonds is 20. The van der Waals surface area contributed by atoms with Crippen molar-refractivity contribution in [2.75, 3.05) is 26.4 Å². The Morgan fingerprint density at radius 2 is 1.45 bits per heavy atom. The quantitative estimate of drug-likeness (QED) is 0.0680. The maximum absolute atomic E-state index is 16.0. The minimum atomic E-state index is -0.739. The fourth-order valence-corrected chi connectivity index (χ4v) is 9.24. The van der Waals surface area contributed by atoms with Crippen LogP contribution in [0, 0.1) is 29.0 Å². The largest absolute Gasteiger partial charge is 0.493 e. The zero-order chi connectivity index (χ0) is 40.1. The molecule has 0 heterocycles. The minimum Gasteiger partial charge on any atom is -0.493 e. The van der Waals surface area contributed by atoms with Gasteiger partial charge in [0.2, 0.25) is 0 Å². The Labute approximate surface area is 337 Å². The number of carbonyl (C=O) groups excluding carboxylic acids is 1. The lowest BCUT2D eigenvalue weighted by Gasteiger charge is -2.38. The third kappa shape index (κ3) is 11.3. The number of carbonyl (C=O) groups is 1. The second-order valence-electron chi connectivity index (χ2n) is 17.2. The molecule has 0 unspecified atom stereocenters. The number of hydrogen-bond acceptors (Lipinski definition) is 5. The Balaban J connectivity index is 1.26. The van der Waals surface area contributed by atoms with E-state index in [2.05, 4.69) is 44.7 Å². The average Bonchev–Trinajstić information content (AvgIpc) is 3.23. The van der Waals surface area contributed by atoms with Crippen LogP contribution in [-0.2, 0) is 22.4 Å². The number of hydrogen-bond donors (Lipinski definition) is 2. The van der Waals surface area contributed by atoms with E-state index in [1.807, 2.05) is 31.2 Å². The molecule has 3 aromatic carbocycles. The van der Waals surface area contributed by atoms with Crippen molar-refractivity contribution in [2.24, 2.45) is 23.2 Å². The Bertz CT molecular complexity index is 1700. The van der Waals surface area contributed by atoms with Crippen LogP contribution in [0.5, 0.6) is 5.75 Å². The number of unbranched alkanes of at least 4 members (excludes halogenated alkanes) is 2. The van der Waals surface area contributed by atoms with Crippen LogP contribution in [0.25, 0.3) is 22.3 Å². The molecule has 2 aliphatic rings. The molecular weight excluding hydrogens is 700 g/mol. The molecule has 2 saturated carbocycles. The standard InChI is InChI=1S/C50H69FO5/c1-6-9-10-12-36-14-16-38(17-15-36)39-18-20-40(21-19-39)41-22-26-46(47(51)31-41)43-23-25-45(37(7-2)29-43)42-24-27-48(56-34-50(8-3,32-52)33-53)44(30-42)13-11-28-55-49(54)35(4)5/h22-27,29-31,36,38-40,52-53H,4,6-21,28,32-34H2,1-3,5H3. The van der Waals surface area contributed by atoms with Gasteiger partial charge < -0.3 is 19.7 Å². The van der Waals surface area contributed by atoms with Crippen molar-refractivity contribution >= 4 is 5.97 Å². The molecule has 2 aliphatic carbocycles. The van der Waals surface area contributed by atoms with Gasteiger partial charge in [-0.2, -0.15) is 0 Å². The number of aliphatic hydroxyl groups is 2. The molecule has 5 rings (SSSR count). The first kappa shape index (κ1) is 43.6. The molecular formula is C50H69FO5. The van der Waals surface area contributed by atoms with E-state index in [0.717, 1.165) is 57.6 Å². The summed E-state index contributed by atoms with van der Waals surface area (Å²) in [6.07, 6.45) is 18.7. The summed E-state index contributed by atoms with van der Waals surface area (Å²) < 4.78 is 27.6. The van der Waals surface area contributed by atoms with E-state index in [1.165, 1.54) is 77.0 Å². The van der Waals surface area contributed by atoms with Crippen molar-refractivity contribution < 1.29 is 28.9 Å². The van der Waals surface area contributed by atoms with Gasteiger partial charge in [0.25, 0.3) is 0 Å². The zero-order valence-electron chi connectivity index (χ0n) is 34.9. The number of esters is 1.